The third-order valence-electron chi connectivity index (χ3n) is 6.25. The Morgan fingerprint density at radius 1 is 0.895 bits per heavy atom. The third-order valence-corrected chi connectivity index (χ3v) is 7.34. The fourth-order valence-corrected chi connectivity index (χ4v) is 5.28. The van der Waals surface area contributed by atoms with E-state index in [9.17, 15) is 14.7 Å². The molecule has 2 aromatic heterocycles. The van der Waals surface area contributed by atoms with E-state index in [0.717, 1.165) is 28.0 Å². The molecule has 0 unspecified atom stereocenters. The number of para-hydroxylation sites is 1. The first-order chi connectivity index (χ1) is 18.5. The van der Waals surface area contributed by atoms with Crippen LogP contribution < -0.4 is 10.3 Å². The molecule has 7 heteroatoms. The first-order valence-corrected chi connectivity index (χ1v) is 13.1. The monoisotopic (exact) mass is 522 g/mol. The number of carboxylic acid groups (broad SMARTS) is 1. The molecule has 5 aromatic rings. The number of hydrogen-bond donors (Lipinski definition) is 1. The van der Waals surface area contributed by atoms with Gasteiger partial charge in [0, 0.05) is 11.4 Å². The van der Waals surface area contributed by atoms with Crippen LogP contribution in [0.1, 0.15) is 26.5 Å². The van der Waals surface area contributed by atoms with Crippen molar-refractivity contribution in [3.05, 3.63) is 129 Å². The second-order valence-electron chi connectivity index (χ2n) is 8.83. The molecule has 0 aliphatic carbocycles. The molecule has 190 valence electrons. The van der Waals surface area contributed by atoms with Gasteiger partial charge in [0.2, 0.25) is 0 Å². The maximum atomic E-state index is 14.0. The molecule has 0 bridgehead atoms. The van der Waals surface area contributed by atoms with Crippen molar-refractivity contribution in [1.29, 1.82) is 0 Å². The second-order valence-corrected chi connectivity index (χ2v) is 9.91. The zero-order valence-corrected chi connectivity index (χ0v) is 21.7. The van der Waals surface area contributed by atoms with E-state index in [2.05, 4.69) is 0 Å². The molecule has 2 heterocycles. The van der Waals surface area contributed by atoms with Gasteiger partial charge in [-0.25, -0.2) is 9.78 Å². The van der Waals surface area contributed by atoms with Gasteiger partial charge in [0.25, 0.3) is 5.56 Å². The molecule has 0 saturated carbocycles. The summed E-state index contributed by atoms with van der Waals surface area (Å²) in [5.41, 5.74) is 3.61. The predicted molar refractivity (Wildman–Crippen MR) is 150 cm³/mol. The first-order valence-electron chi connectivity index (χ1n) is 12.3. The Hall–Kier alpha value is -4.49. The molecule has 1 N–H and O–H groups in total. The molecule has 0 aliphatic heterocycles. The van der Waals surface area contributed by atoms with Gasteiger partial charge in [-0.15, -0.1) is 11.3 Å². The molecule has 0 radical (unpaired) electrons. The Labute approximate surface area is 224 Å². The number of aromatic carboxylic acids is 1. The van der Waals surface area contributed by atoms with Gasteiger partial charge in [-0.3, -0.25) is 9.36 Å². The molecule has 0 fully saturated rings. The summed E-state index contributed by atoms with van der Waals surface area (Å²) in [5.74, 6) is 0.136. The average Bonchev–Trinajstić information content (AvgIpc) is 3.43. The molecular weight excluding hydrogens is 496 g/mol. The van der Waals surface area contributed by atoms with Crippen molar-refractivity contribution in [2.45, 2.75) is 26.5 Å². The van der Waals surface area contributed by atoms with Crippen LogP contribution in [-0.4, -0.2) is 20.6 Å². The fraction of sp³-hybridized carbons (Fsp3) is 0.129. The smallest absolute Gasteiger partial charge is 0.345 e. The Balaban J connectivity index is 1.60. The van der Waals surface area contributed by atoms with Crippen LogP contribution in [0.3, 0.4) is 0 Å². The number of carbonyl (C=O) groups is 1. The van der Waals surface area contributed by atoms with Gasteiger partial charge < -0.3 is 9.84 Å². The summed E-state index contributed by atoms with van der Waals surface area (Å²) in [4.78, 5) is 31.2. The Morgan fingerprint density at radius 3 is 2.24 bits per heavy atom. The van der Waals surface area contributed by atoms with Crippen LogP contribution in [0.2, 0.25) is 0 Å². The summed E-state index contributed by atoms with van der Waals surface area (Å²) < 4.78 is 7.88. The van der Waals surface area contributed by atoms with Crippen molar-refractivity contribution in [1.82, 2.24) is 9.55 Å². The minimum Gasteiger partial charge on any atom is -0.488 e. The zero-order valence-electron chi connectivity index (χ0n) is 20.8. The average molecular weight is 523 g/mol. The Morgan fingerprint density at radius 2 is 1.55 bits per heavy atom. The van der Waals surface area contributed by atoms with Crippen LogP contribution in [0.5, 0.6) is 5.75 Å². The van der Waals surface area contributed by atoms with Gasteiger partial charge in [0.1, 0.15) is 23.1 Å². The summed E-state index contributed by atoms with van der Waals surface area (Å²) >= 11 is 1.08. The first kappa shape index (κ1) is 25.2. The lowest BCUT2D eigenvalue weighted by Gasteiger charge is -2.18. The van der Waals surface area contributed by atoms with E-state index in [4.69, 9.17) is 9.72 Å². The molecule has 5 rings (SSSR count). The van der Waals surface area contributed by atoms with Crippen molar-refractivity contribution in [2.75, 3.05) is 0 Å². The highest BCUT2D eigenvalue weighted by Crippen LogP contribution is 2.32. The summed E-state index contributed by atoms with van der Waals surface area (Å²) in [7, 11) is 0. The lowest BCUT2D eigenvalue weighted by molar-refractivity contribution is 0.0702. The van der Waals surface area contributed by atoms with Gasteiger partial charge in [0.05, 0.1) is 16.8 Å². The summed E-state index contributed by atoms with van der Waals surface area (Å²) in [5, 5.41) is 9.40. The largest absolute Gasteiger partial charge is 0.488 e. The topological polar surface area (TPSA) is 81.4 Å². The summed E-state index contributed by atoms with van der Waals surface area (Å²) in [6, 6.07) is 30.7. The minimum absolute atomic E-state index is 0.179. The minimum atomic E-state index is -1.02. The van der Waals surface area contributed by atoms with E-state index in [1.807, 2.05) is 84.9 Å². The highest BCUT2D eigenvalue weighted by atomic mass is 32.1. The third kappa shape index (κ3) is 5.43. The number of hydrogen-bond acceptors (Lipinski definition) is 5. The zero-order chi connectivity index (χ0) is 26.5. The van der Waals surface area contributed by atoms with E-state index in [1.54, 1.807) is 17.6 Å². The molecule has 0 aliphatic rings. The fourth-order valence-electron chi connectivity index (χ4n) is 4.34. The molecule has 0 atom stereocenters. The van der Waals surface area contributed by atoms with Gasteiger partial charge in [-0.1, -0.05) is 72.8 Å². The van der Waals surface area contributed by atoms with Crippen molar-refractivity contribution in [2.24, 2.45) is 0 Å². The SMILES string of the molecule is Cc1nc(-c2ccccc2OCc2ccccc2)n(CCc2ccccc2)c(=O)c1-c1ccc(C(=O)O)s1. The number of aromatic nitrogens is 2. The van der Waals surface area contributed by atoms with Crippen LogP contribution in [0, 0.1) is 6.92 Å². The lowest BCUT2D eigenvalue weighted by atomic mass is 10.1. The maximum Gasteiger partial charge on any atom is 0.345 e. The molecule has 3 aromatic carbocycles. The second kappa shape index (κ2) is 11.3. The van der Waals surface area contributed by atoms with Crippen molar-refractivity contribution in [3.63, 3.8) is 0 Å². The van der Waals surface area contributed by atoms with Crippen molar-refractivity contribution >= 4 is 17.3 Å². The van der Waals surface area contributed by atoms with Gasteiger partial charge in [0.15, 0.2) is 0 Å². The van der Waals surface area contributed by atoms with Crippen LogP contribution in [-0.2, 0) is 19.6 Å². The molecule has 38 heavy (non-hydrogen) atoms. The molecule has 0 amide bonds. The normalized spacial score (nSPS) is 10.9. The lowest BCUT2D eigenvalue weighted by Crippen LogP contribution is -2.27. The van der Waals surface area contributed by atoms with E-state index in [1.165, 1.54) is 6.07 Å². The van der Waals surface area contributed by atoms with E-state index in [0.29, 0.717) is 47.3 Å². The number of thiophene rings is 1. The summed E-state index contributed by atoms with van der Waals surface area (Å²) in [6.45, 7) is 2.58. The maximum absolute atomic E-state index is 14.0. The Kier molecular flexibility index (Phi) is 7.47. The quantitative estimate of drug-likeness (QED) is 0.240. The van der Waals surface area contributed by atoms with Gasteiger partial charge in [-0.2, -0.15) is 0 Å². The van der Waals surface area contributed by atoms with E-state index in [-0.39, 0.29) is 10.4 Å². The van der Waals surface area contributed by atoms with Gasteiger partial charge in [-0.05, 0) is 48.7 Å². The van der Waals surface area contributed by atoms with Crippen molar-refractivity contribution < 1.29 is 14.6 Å². The number of ether oxygens (including phenoxy) is 1. The number of aryl methyl sites for hydroxylation is 2. The van der Waals surface area contributed by atoms with E-state index >= 15 is 0 Å². The number of benzene rings is 3. The molecular formula is C31H26N2O4S. The van der Waals surface area contributed by atoms with Crippen LogP contribution in [0.25, 0.3) is 21.8 Å². The highest BCUT2D eigenvalue weighted by molar-refractivity contribution is 7.17. The Bertz CT molecular complexity index is 1630. The molecule has 6 nitrogen and oxygen atoms in total. The van der Waals surface area contributed by atoms with Crippen LogP contribution in [0.4, 0.5) is 0 Å². The molecule has 0 saturated heterocycles. The number of carboxylic acids is 1. The van der Waals surface area contributed by atoms with Crippen LogP contribution >= 0.6 is 11.3 Å². The standard InChI is InChI=1S/C31H26N2O4S/c1-21-28(26-16-17-27(38-26)31(35)36)30(34)33(19-18-22-10-4-2-5-11-22)29(32-21)24-14-8-9-15-25(24)37-20-23-12-6-3-7-13-23/h2-17H,18-20H2,1H3,(H,35,36). The number of rotatable bonds is 9. The summed E-state index contributed by atoms with van der Waals surface area (Å²) in [6.07, 6.45) is 0.635. The van der Waals surface area contributed by atoms with Gasteiger partial charge >= 0.3 is 5.97 Å². The van der Waals surface area contributed by atoms with Crippen molar-refractivity contribution in [3.8, 4) is 27.6 Å². The molecule has 0 spiro atoms. The van der Waals surface area contributed by atoms with Crippen LogP contribution in [0.15, 0.2) is 102 Å². The van der Waals surface area contributed by atoms with E-state index < -0.39 is 5.97 Å². The number of nitrogens with zero attached hydrogens (tertiary/aromatic N) is 2. The highest BCUT2D eigenvalue weighted by Gasteiger charge is 2.21. The predicted octanol–water partition coefficient (Wildman–Crippen LogP) is 6.47.